The zero-order valence-corrected chi connectivity index (χ0v) is 12.5. The Kier molecular flexibility index (Phi) is 6.02. The largest absolute Gasteiger partial charge is 0.177 e. The first kappa shape index (κ1) is 14.2. The molecule has 0 aliphatic carbocycles. The van der Waals surface area contributed by atoms with Gasteiger partial charge in [-0.15, -0.1) is 0 Å². The first-order valence-electron chi connectivity index (χ1n) is 7.28. The van der Waals surface area contributed by atoms with Crippen molar-refractivity contribution in [3.8, 4) is 11.3 Å². The molecule has 0 aliphatic heterocycles. The molecule has 102 valence electrons. The van der Waals surface area contributed by atoms with Crippen molar-refractivity contribution in [3.63, 3.8) is 0 Å². The van der Waals surface area contributed by atoms with E-state index in [2.05, 4.69) is 39.9 Å². The number of benzene rings is 1. The van der Waals surface area contributed by atoms with E-state index in [1.807, 2.05) is 6.07 Å². The first-order valence-corrected chi connectivity index (χ1v) is 8.01. The molecule has 0 N–H and O–H groups in total. The van der Waals surface area contributed by atoms with Crippen molar-refractivity contribution in [1.29, 1.82) is 0 Å². The van der Waals surface area contributed by atoms with Crippen molar-refractivity contribution < 1.29 is 0 Å². The van der Waals surface area contributed by atoms with Crippen LogP contribution in [0.1, 0.15) is 51.1 Å². The third-order valence-electron chi connectivity index (χ3n) is 3.37. The lowest BCUT2D eigenvalue weighted by Gasteiger charge is -2.02. The van der Waals surface area contributed by atoms with Crippen LogP contribution in [-0.4, -0.2) is 8.75 Å². The van der Waals surface area contributed by atoms with Crippen molar-refractivity contribution in [3.05, 3.63) is 36.0 Å². The van der Waals surface area contributed by atoms with Gasteiger partial charge in [-0.2, -0.15) is 8.75 Å². The maximum atomic E-state index is 4.46. The van der Waals surface area contributed by atoms with Crippen LogP contribution in [-0.2, 0) is 6.42 Å². The number of hydrogen-bond donors (Lipinski definition) is 0. The average Bonchev–Trinajstić information content (AvgIpc) is 2.92. The maximum Gasteiger partial charge on any atom is 0.107 e. The van der Waals surface area contributed by atoms with Gasteiger partial charge in [-0.1, -0.05) is 69.4 Å². The quantitative estimate of drug-likeness (QED) is 0.625. The molecule has 0 saturated heterocycles. The zero-order chi connectivity index (χ0) is 13.3. The SMILES string of the molecule is CCCCCCCCc1nsnc1-c1ccccc1. The Morgan fingerprint density at radius 2 is 1.63 bits per heavy atom. The Balaban J connectivity index is 1.83. The summed E-state index contributed by atoms with van der Waals surface area (Å²) in [4.78, 5) is 0. The summed E-state index contributed by atoms with van der Waals surface area (Å²) in [6.45, 7) is 2.26. The summed E-state index contributed by atoms with van der Waals surface area (Å²) in [6, 6.07) is 10.4. The van der Waals surface area contributed by atoms with Crippen LogP contribution in [0.4, 0.5) is 0 Å². The van der Waals surface area contributed by atoms with Crippen molar-refractivity contribution >= 4 is 11.7 Å². The number of hydrogen-bond acceptors (Lipinski definition) is 3. The molecule has 0 atom stereocenters. The fourth-order valence-electron chi connectivity index (χ4n) is 2.26. The molecule has 1 aromatic carbocycles. The molecule has 0 unspecified atom stereocenters. The number of nitrogens with zero attached hydrogens (tertiary/aromatic N) is 2. The monoisotopic (exact) mass is 274 g/mol. The van der Waals surface area contributed by atoms with E-state index < -0.39 is 0 Å². The molecule has 0 bridgehead atoms. The van der Waals surface area contributed by atoms with Gasteiger partial charge in [0.1, 0.15) is 5.69 Å². The summed E-state index contributed by atoms with van der Waals surface area (Å²) in [6.07, 6.45) is 9.01. The van der Waals surface area contributed by atoms with E-state index in [0.717, 1.165) is 12.1 Å². The molecular weight excluding hydrogens is 252 g/mol. The van der Waals surface area contributed by atoms with Crippen molar-refractivity contribution in [2.75, 3.05) is 0 Å². The second kappa shape index (κ2) is 8.05. The van der Waals surface area contributed by atoms with Gasteiger partial charge in [0.25, 0.3) is 0 Å². The minimum absolute atomic E-state index is 1.06. The highest BCUT2D eigenvalue weighted by Crippen LogP contribution is 2.23. The molecule has 1 heterocycles. The minimum Gasteiger partial charge on any atom is -0.177 e. The fraction of sp³-hybridized carbons (Fsp3) is 0.500. The molecule has 0 spiro atoms. The average molecular weight is 274 g/mol. The predicted molar refractivity (Wildman–Crippen MR) is 82.4 cm³/mol. The van der Waals surface area contributed by atoms with Gasteiger partial charge in [0.2, 0.25) is 0 Å². The summed E-state index contributed by atoms with van der Waals surface area (Å²) >= 11 is 1.33. The Labute approximate surface area is 120 Å². The molecule has 0 radical (unpaired) electrons. The molecule has 2 rings (SSSR count). The normalized spacial score (nSPS) is 10.8. The maximum absolute atomic E-state index is 4.46. The van der Waals surface area contributed by atoms with Crippen LogP contribution in [0.2, 0.25) is 0 Å². The second-order valence-corrected chi connectivity index (χ2v) is 5.47. The Morgan fingerprint density at radius 1 is 0.895 bits per heavy atom. The van der Waals surface area contributed by atoms with Crippen LogP contribution in [0.25, 0.3) is 11.3 Å². The summed E-state index contributed by atoms with van der Waals surface area (Å²) < 4.78 is 8.90. The Hall–Kier alpha value is -1.22. The molecule has 0 amide bonds. The zero-order valence-electron chi connectivity index (χ0n) is 11.6. The standard InChI is InChI=1S/C16H22N2S/c1-2-3-4-5-6-10-13-15-16(18-19-17-15)14-11-8-7-9-12-14/h7-9,11-12H,2-6,10,13H2,1H3. The van der Waals surface area contributed by atoms with Crippen molar-refractivity contribution in [2.45, 2.75) is 51.9 Å². The molecule has 0 aliphatic rings. The van der Waals surface area contributed by atoms with Crippen LogP contribution >= 0.6 is 11.7 Å². The first-order chi connectivity index (χ1) is 9.42. The predicted octanol–water partition coefficient (Wildman–Crippen LogP) is 5.11. The second-order valence-electron chi connectivity index (χ2n) is 4.94. The van der Waals surface area contributed by atoms with Crippen LogP contribution < -0.4 is 0 Å². The van der Waals surface area contributed by atoms with Gasteiger partial charge in [0.15, 0.2) is 0 Å². The summed E-state index contributed by atoms with van der Waals surface area (Å²) in [5.41, 5.74) is 3.45. The van der Waals surface area contributed by atoms with Gasteiger partial charge >= 0.3 is 0 Å². The third-order valence-corrected chi connectivity index (χ3v) is 3.94. The molecule has 3 heteroatoms. The van der Waals surface area contributed by atoms with Crippen LogP contribution in [0.3, 0.4) is 0 Å². The Bertz CT molecular complexity index is 465. The van der Waals surface area contributed by atoms with Crippen molar-refractivity contribution in [2.24, 2.45) is 0 Å². The van der Waals surface area contributed by atoms with Crippen molar-refractivity contribution in [1.82, 2.24) is 8.75 Å². The van der Waals surface area contributed by atoms with Gasteiger partial charge in [-0.25, -0.2) is 0 Å². The smallest absolute Gasteiger partial charge is 0.107 e. The number of aryl methyl sites for hydroxylation is 1. The van der Waals surface area contributed by atoms with E-state index in [1.54, 1.807) is 0 Å². The van der Waals surface area contributed by atoms with E-state index in [9.17, 15) is 0 Å². The van der Waals surface area contributed by atoms with Crippen LogP contribution in [0.15, 0.2) is 30.3 Å². The van der Waals surface area contributed by atoms with Gasteiger partial charge in [0.05, 0.1) is 17.4 Å². The minimum atomic E-state index is 1.06. The van der Waals surface area contributed by atoms with E-state index in [4.69, 9.17) is 0 Å². The molecule has 2 nitrogen and oxygen atoms in total. The molecular formula is C16H22N2S. The molecule has 19 heavy (non-hydrogen) atoms. The summed E-state index contributed by atoms with van der Waals surface area (Å²) in [5.74, 6) is 0. The summed E-state index contributed by atoms with van der Waals surface area (Å²) in [7, 11) is 0. The van der Waals surface area contributed by atoms with Crippen LogP contribution in [0, 0.1) is 0 Å². The van der Waals surface area contributed by atoms with Gasteiger partial charge in [0, 0.05) is 5.56 Å². The highest BCUT2D eigenvalue weighted by Gasteiger charge is 2.09. The molecule has 0 fully saturated rings. The molecule has 1 aromatic heterocycles. The molecule has 2 aromatic rings. The Morgan fingerprint density at radius 3 is 2.42 bits per heavy atom. The van der Waals surface area contributed by atoms with E-state index in [-0.39, 0.29) is 0 Å². The van der Waals surface area contributed by atoms with E-state index >= 15 is 0 Å². The summed E-state index contributed by atoms with van der Waals surface area (Å²) in [5, 5.41) is 0. The highest BCUT2D eigenvalue weighted by atomic mass is 32.1. The topological polar surface area (TPSA) is 25.8 Å². The lowest BCUT2D eigenvalue weighted by molar-refractivity contribution is 0.606. The molecule has 0 saturated carbocycles. The van der Waals surface area contributed by atoms with E-state index in [0.29, 0.717) is 0 Å². The fourth-order valence-corrected chi connectivity index (χ4v) is 2.87. The van der Waals surface area contributed by atoms with E-state index in [1.165, 1.54) is 61.5 Å². The number of rotatable bonds is 8. The third kappa shape index (κ3) is 4.43. The van der Waals surface area contributed by atoms with Gasteiger partial charge < -0.3 is 0 Å². The highest BCUT2D eigenvalue weighted by molar-refractivity contribution is 6.99. The van der Waals surface area contributed by atoms with Crippen LogP contribution in [0.5, 0.6) is 0 Å². The lowest BCUT2D eigenvalue weighted by atomic mass is 10.0. The van der Waals surface area contributed by atoms with Gasteiger partial charge in [-0.3, -0.25) is 0 Å². The van der Waals surface area contributed by atoms with Gasteiger partial charge in [-0.05, 0) is 12.8 Å². The lowest BCUT2D eigenvalue weighted by Crippen LogP contribution is -1.90. The number of unbranched alkanes of at least 4 members (excludes halogenated alkanes) is 5. The number of aromatic nitrogens is 2.